The summed E-state index contributed by atoms with van der Waals surface area (Å²) in [5.41, 5.74) is 10.9. The molecule has 1 unspecified atom stereocenters. The molecule has 3 N–H and O–H groups in total. The van der Waals surface area contributed by atoms with Crippen LogP contribution in [0.1, 0.15) is 32.8 Å². The van der Waals surface area contributed by atoms with E-state index in [1.165, 1.54) is 22.3 Å². The van der Waals surface area contributed by atoms with Crippen LogP contribution in [-0.4, -0.2) is 22.9 Å². The van der Waals surface area contributed by atoms with Gasteiger partial charge in [0.15, 0.2) is 5.25 Å². The second-order valence-electron chi connectivity index (χ2n) is 7.99. The van der Waals surface area contributed by atoms with E-state index < -0.39 is 21.9 Å². The number of hydrogen-bond donors (Lipinski definition) is 2. The first-order valence-electron chi connectivity index (χ1n) is 11.2. The van der Waals surface area contributed by atoms with Gasteiger partial charge in [0.05, 0.1) is 9.93 Å². The molecule has 0 saturated carbocycles. The van der Waals surface area contributed by atoms with E-state index in [-0.39, 0.29) is 10.5 Å². The van der Waals surface area contributed by atoms with Crippen molar-refractivity contribution in [1.82, 2.24) is 0 Å². The van der Waals surface area contributed by atoms with Crippen molar-refractivity contribution < 1.29 is 9.90 Å². The van der Waals surface area contributed by atoms with Gasteiger partial charge in [-0.05, 0) is 11.1 Å². The molecule has 2 atom stereocenters. The Labute approximate surface area is 207 Å². The Balaban J connectivity index is 1.81. The number of carboxylic acids is 1. The maximum absolute atomic E-state index is 11.8. The van der Waals surface area contributed by atoms with Crippen molar-refractivity contribution in [2.45, 2.75) is 16.5 Å². The van der Waals surface area contributed by atoms with E-state index >= 15 is 0 Å². The summed E-state index contributed by atoms with van der Waals surface area (Å²) in [5, 5.41) is 9.77. The fraction of sp³-hybridized carbons (Fsp3) is 0.138. The molecule has 4 aromatic carbocycles. The molecule has 0 amide bonds. The van der Waals surface area contributed by atoms with Gasteiger partial charge in [-0.1, -0.05) is 121 Å². The molecule has 0 bridgehead atoms. The van der Waals surface area contributed by atoms with Crippen LogP contribution in [0.5, 0.6) is 0 Å². The van der Waals surface area contributed by atoms with Gasteiger partial charge in [-0.25, -0.2) is 0 Å². The van der Waals surface area contributed by atoms with Crippen LogP contribution in [0, 0.1) is 0 Å². The van der Waals surface area contributed by atoms with Gasteiger partial charge < -0.3 is 10.8 Å². The van der Waals surface area contributed by atoms with Gasteiger partial charge in [0.1, 0.15) is 27.8 Å². The minimum atomic E-state index is -0.964. The van der Waals surface area contributed by atoms with Crippen LogP contribution in [0.4, 0.5) is 0 Å². The quantitative estimate of drug-likeness (QED) is 0.206. The normalized spacial score (nSPS) is 13.0. The summed E-state index contributed by atoms with van der Waals surface area (Å²) < 4.78 is 0. The molecular weight excluding hydrogens is 458 g/mol. The number of hydrogen-bond acceptors (Lipinski definition) is 3. The number of carboxylic acid groups (broad SMARTS) is 1. The van der Waals surface area contributed by atoms with Gasteiger partial charge in [-0.2, -0.15) is 0 Å². The topological polar surface area (TPSA) is 63.3 Å². The van der Waals surface area contributed by atoms with Gasteiger partial charge in [0.25, 0.3) is 0 Å². The largest absolute Gasteiger partial charge is 0.480 e. The molecule has 34 heavy (non-hydrogen) atoms. The number of rotatable bonds is 10. The Morgan fingerprint density at radius 3 is 1.38 bits per heavy atom. The molecule has 0 aromatic heterocycles. The van der Waals surface area contributed by atoms with Crippen LogP contribution in [0.2, 0.25) is 0 Å². The number of nitrogens with two attached hydrogens (primary N) is 1. The van der Waals surface area contributed by atoms with E-state index in [1.54, 1.807) is 0 Å². The van der Waals surface area contributed by atoms with Crippen LogP contribution in [0.3, 0.4) is 0 Å². The number of benzene rings is 4. The lowest BCUT2D eigenvalue weighted by molar-refractivity contribution is -0.137. The molecule has 3 nitrogen and oxygen atoms in total. The average Bonchev–Trinajstić information content (AvgIpc) is 2.89. The third-order valence-electron chi connectivity index (χ3n) is 5.55. The average molecular weight is 487 g/mol. The summed E-state index contributed by atoms with van der Waals surface area (Å²) in [4.78, 5) is 11.8. The molecular formula is C29H28NO2S2+. The summed E-state index contributed by atoms with van der Waals surface area (Å²) in [6, 6.07) is 40.6. The third-order valence-corrected chi connectivity index (χ3v) is 10.6. The van der Waals surface area contributed by atoms with Crippen molar-refractivity contribution in [2.75, 3.05) is 5.75 Å². The SMILES string of the molecule is N[C@@H](C[S+](SC(c1ccccc1)c1ccccc1)C(c1ccccc1)c1ccccc1)C(=O)O. The van der Waals surface area contributed by atoms with Gasteiger partial charge in [0, 0.05) is 11.1 Å². The molecule has 5 heteroatoms. The van der Waals surface area contributed by atoms with E-state index in [0.717, 1.165) is 0 Å². The second-order valence-corrected chi connectivity index (χ2v) is 12.1. The Bertz CT molecular complexity index is 1080. The maximum Gasteiger partial charge on any atom is 0.325 e. The smallest absolute Gasteiger partial charge is 0.325 e. The Morgan fingerprint density at radius 2 is 1.03 bits per heavy atom. The van der Waals surface area contributed by atoms with Crippen molar-refractivity contribution in [2.24, 2.45) is 5.73 Å². The summed E-state index contributed by atoms with van der Waals surface area (Å²) in [6.07, 6.45) is 0. The van der Waals surface area contributed by atoms with Gasteiger partial charge in [0.2, 0.25) is 0 Å². The van der Waals surface area contributed by atoms with Crippen LogP contribution in [-0.2, 0) is 14.7 Å². The van der Waals surface area contributed by atoms with E-state index in [1.807, 2.05) is 59.3 Å². The van der Waals surface area contributed by atoms with Gasteiger partial charge in [-0.3, -0.25) is 4.79 Å². The number of aliphatic carboxylic acids is 1. The summed E-state index contributed by atoms with van der Waals surface area (Å²) in [6.45, 7) is 0. The highest BCUT2D eigenvalue weighted by Gasteiger charge is 2.41. The zero-order valence-electron chi connectivity index (χ0n) is 18.7. The molecule has 172 valence electrons. The lowest BCUT2D eigenvalue weighted by Gasteiger charge is -2.24. The second kappa shape index (κ2) is 11.9. The minimum absolute atomic E-state index is 0.0210. The molecule has 0 heterocycles. The molecule has 4 aromatic rings. The first kappa shape index (κ1) is 24.1. The van der Waals surface area contributed by atoms with E-state index in [4.69, 9.17) is 5.73 Å². The highest BCUT2D eigenvalue weighted by molar-refractivity contribution is 8.74. The van der Waals surface area contributed by atoms with E-state index in [2.05, 4.69) is 72.8 Å². The molecule has 0 aliphatic heterocycles. The van der Waals surface area contributed by atoms with Crippen LogP contribution >= 0.6 is 10.8 Å². The first-order chi connectivity index (χ1) is 16.6. The van der Waals surface area contributed by atoms with E-state index in [0.29, 0.717) is 5.75 Å². The highest BCUT2D eigenvalue weighted by atomic mass is 33.1. The first-order valence-corrected chi connectivity index (χ1v) is 14.0. The monoisotopic (exact) mass is 486 g/mol. The molecule has 0 fully saturated rings. The lowest BCUT2D eigenvalue weighted by atomic mass is 10.0. The summed E-state index contributed by atoms with van der Waals surface area (Å²) >= 11 is 0. The summed E-state index contributed by atoms with van der Waals surface area (Å²) in [7, 11) is 1.39. The standard InChI is InChI=1S/C29H27NO2S2/c30-26(29(31)32)21-34(28(24-17-9-3-10-18-24)25-19-11-4-12-20-25)33-27(22-13-5-1-6-14-22)23-15-7-2-8-16-23/h1-20,26-28H,21,30H2/p+1/t26-,34?/m0/s1. The zero-order chi connectivity index (χ0) is 23.8. The Hall–Kier alpha value is -2.99. The minimum Gasteiger partial charge on any atom is -0.480 e. The van der Waals surface area contributed by atoms with Crippen LogP contribution < -0.4 is 5.73 Å². The predicted molar refractivity (Wildman–Crippen MR) is 145 cm³/mol. The van der Waals surface area contributed by atoms with Crippen molar-refractivity contribution in [3.8, 4) is 0 Å². The fourth-order valence-corrected chi connectivity index (χ4v) is 9.54. The van der Waals surface area contributed by atoms with E-state index in [9.17, 15) is 9.90 Å². The predicted octanol–water partition coefficient (Wildman–Crippen LogP) is 6.24. The lowest BCUT2D eigenvalue weighted by Crippen LogP contribution is -2.38. The third kappa shape index (κ3) is 6.11. The van der Waals surface area contributed by atoms with Gasteiger partial charge in [-0.15, -0.1) is 0 Å². The molecule has 0 saturated heterocycles. The molecule has 0 aliphatic carbocycles. The molecule has 0 radical (unpaired) electrons. The molecule has 0 aliphatic rings. The van der Waals surface area contributed by atoms with Crippen molar-refractivity contribution in [1.29, 1.82) is 0 Å². The van der Waals surface area contributed by atoms with Crippen molar-refractivity contribution >= 4 is 26.7 Å². The fourth-order valence-electron chi connectivity index (χ4n) is 3.87. The highest BCUT2D eigenvalue weighted by Crippen LogP contribution is 2.47. The van der Waals surface area contributed by atoms with Crippen molar-refractivity contribution in [3.63, 3.8) is 0 Å². The maximum atomic E-state index is 11.8. The van der Waals surface area contributed by atoms with Crippen LogP contribution in [0.25, 0.3) is 0 Å². The molecule has 0 spiro atoms. The van der Waals surface area contributed by atoms with Crippen molar-refractivity contribution in [3.05, 3.63) is 144 Å². The van der Waals surface area contributed by atoms with Crippen LogP contribution in [0.15, 0.2) is 121 Å². The number of carbonyl (C=O) groups is 1. The zero-order valence-corrected chi connectivity index (χ0v) is 20.4. The summed E-state index contributed by atoms with van der Waals surface area (Å²) in [5.74, 6) is -0.584. The van der Waals surface area contributed by atoms with Gasteiger partial charge >= 0.3 is 5.97 Å². The molecule has 4 rings (SSSR count). The Morgan fingerprint density at radius 1 is 0.676 bits per heavy atom. The Kier molecular flexibility index (Phi) is 8.47.